The van der Waals surface area contributed by atoms with E-state index in [1.807, 2.05) is 0 Å². The summed E-state index contributed by atoms with van der Waals surface area (Å²) in [5, 5.41) is 0. The fourth-order valence-electron chi connectivity index (χ4n) is 1.89. The largest absolute Gasteiger partial charge is 0.433 e. The van der Waals surface area contributed by atoms with Gasteiger partial charge in [-0.25, -0.2) is 9.97 Å². The second-order valence-electron chi connectivity index (χ2n) is 4.11. The van der Waals surface area contributed by atoms with Gasteiger partial charge in [0.2, 0.25) is 0 Å². The highest BCUT2D eigenvalue weighted by molar-refractivity contribution is 5.40. The number of hydrogen-bond acceptors (Lipinski definition) is 4. The van der Waals surface area contributed by atoms with E-state index in [1.165, 1.54) is 0 Å². The number of halogens is 3. The minimum Gasteiger partial charge on any atom is -0.355 e. The molecule has 94 valence electrons. The summed E-state index contributed by atoms with van der Waals surface area (Å²) in [6, 6.07) is 0.964. The number of aromatic nitrogens is 2. The van der Waals surface area contributed by atoms with Crippen LogP contribution in [-0.2, 0) is 6.18 Å². The molecule has 4 nitrogen and oxygen atoms in total. The molecule has 1 aromatic rings. The van der Waals surface area contributed by atoms with Crippen molar-refractivity contribution in [2.24, 2.45) is 5.73 Å². The van der Waals surface area contributed by atoms with E-state index in [4.69, 9.17) is 5.73 Å². The maximum atomic E-state index is 12.5. The highest BCUT2D eigenvalue weighted by Crippen LogP contribution is 2.29. The van der Waals surface area contributed by atoms with Crippen molar-refractivity contribution in [2.45, 2.75) is 25.1 Å². The monoisotopic (exact) mass is 246 g/mol. The van der Waals surface area contributed by atoms with Crippen LogP contribution in [0.5, 0.6) is 0 Å². The Hall–Kier alpha value is -1.37. The van der Waals surface area contributed by atoms with Gasteiger partial charge < -0.3 is 10.6 Å². The van der Waals surface area contributed by atoms with Gasteiger partial charge in [0.1, 0.15) is 17.8 Å². The molecule has 0 bridgehead atoms. The van der Waals surface area contributed by atoms with E-state index in [9.17, 15) is 13.2 Å². The maximum Gasteiger partial charge on any atom is 0.433 e. The molecule has 0 aromatic carbocycles. The van der Waals surface area contributed by atoms with Crippen LogP contribution in [0.4, 0.5) is 19.0 Å². The van der Waals surface area contributed by atoms with Crippen LogP contribution in [0.2, 0.25) is 0 Å². The summed E-state index contributed by atoms with van der Waals surface area (Å²) in [4.78, 5) is 8.87. The van der Waals surface area contributed by atoms with Crippen molar-refractivity contribution in [3.05, 3.63) is 18.1 Å². The molecule has 1 fully saturated rings. The van der Waals surface area contributed by atoms with Crippen molar-refractivity contribution in [1.29, 1.82) is 0 Å². The summed E-state index contributed by atoms with van der Waals surface area (Å²) in [6.45, 7) is 1.22. The van der Waals surface area contributed by atoms with Crippen molar-refractivity contribution >= 4 is 5.82 Å². The van der Waals surface area contributed by atoms with Crippen LogP contribution in [0, 0.1) is 0 Å². The highest BCUT2D eigenvalue weighted by atomic mass is 19.4. The van der Waals surface area contributed by atoms with Gasteiger partial charge in [-0.1, -0.05) is 0 Å². The second kappa shape index (κ2) is 4.48. The van der Waals surface area contributed by atoms with E-state index in [1.54, 1.807) is 4.90 Å². The summed E-state index contributed by atoms with van der Waals surface area (Å²) < 4.78 is 37.4. The molecule has 0 spiro atoms. The van der Waals surface area contributed by atoms with E-state index in [0.717, 1.165) is 25.2 Å². The number of piperidine rings is 1. The van der Waals surface area contributed by atoms with Gasteiger partial charge in [0, 0.05) is 25.2 Å². The van der Waals surface area contributed by atoms with Crippen molar-refractivity contribution in [3.63, 3.8) is 0 Å². The highest BCUT2D eigenvalue weighted by Gasteiger charge is 2.33. The molecule has 0 radical (unpaired) electrons. The SMILES string of the molecule is N[C@H]1CCCN(c2cc(C(F)(F)F)ncn2)C1. The minimum absolute atomic E-state index is 0.00643. The van der Waals surface area contributed by atoms with Crippen molar-refractivity contribution in [2.75, 3.05) is 18.0 Å². The zero-order valence-electron chi connectivity index (χ0n) is 9.11. The smallest absolute Gasteiger partial charge is 0.355 e. The molecule has 1 saturated heterocycles. The van der Waals surface area contributed by atoms with Crippen LogP contribution in [0.3, 0.4) is 0 Å². The first-order chi connectivity index (χ1) is 7.97. The third-order valence-electron chi connectivity index (χ3n) is 2.72. The van der Waals surface area contributed by atoms with E-state index >= 15 is 0 Å². The Labute approximate surface area is 96.7 Å². The van der Waals surface area contributed by atoms with Gasteiger partial charge in [-0.05, 0) is 12.8 Å². The first-order valence-corrected chi connectivity index (χ1v) is 5.36. The Morgan fingerprint density at radius 3 is 2.76 bits per heavy atom. The van der Waals surface area contributed by atoms with Gasteiger partial charge in [-0.2, -0.15) is 13.2 Å². The van der Waals surface area contributed by atoms with Crippen molar-refractivity contribution in [3.8, 4) is 0 Å². The standard InChI is InChI=1S/C10H13F3N4/c11-10(12,13)8-4-9(16-6-15-8)17-3-1-2-7(14)5-17/h4,6-7H,1-3,5,14H2/t7-/m0/s1. The van der Waals surface area contributed by atoms with Crippen LogP contribution in [-0.4, -0.2) is 29.1 Å². The fourth-order valence-corrected chi connectivity index (χ4v) is 1.89. The molecule has 7 heteroatoms. The molecule has 0 aliphatic carbocycles. The summed E-state index contributed by atoms with van der Waals surface area (Å²) in [6.07, 6.45) is -1.73. The molecule has 2 N–H and O–H groups in total. The third kappa shape index (κ3) is 2.85. The van der Waals surface area contributed by atoms with Crippen molar-refractivity contribution in [1.82, 2.24) is 9.97 Å². The van der Waals surface area contributed by atoms with Gasteiger partial charge in [-0.3, -0.25) is 0 Å². The Kier molecular flexibility index (Phi) is 3.19. The maximum absolute atomic E-state index is 12.5. The summed E-state index contributed by atoms with van der Waals surface area (Å²) in [5.41, 5.74) is 4.86. The third-order valence-corrected chi connectivity index (χ3v) is 2.72. The van der Waals surface area contributed by atoms with Gasteiger partial charge in [0.15, 0.2) is 0 Å². The van der Waals surface area contributed by atoms with E-state index in [2.05, 4.69) is 9.97 Å². The number of hydrogen-bond donors (Lipinski definition) is 1. The van der Waals surface area contributed by atoms with Gasteiger partial charge in [0.25, 0.3) is 0 Å². The number of nitrogens with two attached hydrogens (primary N) is 1. The van der Waals surface area contributed by atoms with E-state index in [0.29, 0.717) is 18.9 Å². The molecule has 1 aliphatic heterocycles. The number of anilines is 1. The number of rotatable bonds is 1. The number of nitrogens with zero attached hydrogens (tertiary/aromatic N) is 3. The second-order valence-corrected chi connectivity index (χ2v) is 4.11. The van der Waals surface area contributed by atoms with E-state index in [-0.39, 0.29) is 6.04 Å². The minimum atomic E-state index is -4.43. The predicted molar refractivity (Wildman–Crippen MR) is 56.5 cm³/mol. The van der Waals surface area contributed by atoms with Crippen LogP contribution < -0.4 is 10.6 Å². The molecule has 1 aromatic heterocycles. The average Bonchev–Trinajstić information content (AvgIpc) is 2.28. The average molecular weight is 246 g/mol. The Morgan fingerprint density at radius 1 is 1.35 bits per heavy atom. The normalized spacial score (nSPS) is 21.6. The Balaban J connectivity index is 2.21. The first kappa shape index (κ1) is 12.1. The van der Waals surface area contributed by atoms with Crippen molar-refractivity contribution < 1.29 is 13.2 Å². The lowest BCUT2D eigenvalue weighted by atomic mass is 10.1. The molecule has 2 rings (SSSR count). The molecular formula is C10H13F3N4. The molecule has 1 aliphatic rings. The quantitative estimate of drug-likeness (QED) is 0.814. The van der Waals surface area contributed by atoms with Crippen LogP contribution in [0.1, 0.15) is 18.5 Å². The van der Waals surface area contributed by atoms with Gasteiger partial charge >= 0.3 is 6.18 Å². The van der Waals surface area contributed by atoms with Gasteiger partial charge in [0.05, 0.1) is 0 Å². The van der Waals surface area contributed by atoms with Crippen LogP contribution >= 0.6 is 0 Å². The summed E-state index contributed by atoms with van der Waals surface area (Å²) in [7, 11) is 0. The zero-order chi connectivity index (χ0) is 12.5. The topological polar surface area (TPSA) is 55.0 Å². The molecule has 0 saturated carbocycles. The lowest BCUT2D eigenvalue weighted by molar-refractivity contribution is -0.141. The Bertz CT molecular complexity index is 393. The summed E-state index contributed by atoms with van der Waals surface area (Å²) in [5.74, 6) is 0.294. The molecule has 0 amide bonds. The van der Waals surface area contributed by atoms with Crippen LogP contribution in [0.15, 0.2) is 12.4 Å². The first-order valence-electron chi connectivity index (χ1n) is 5.36. The lowest BCUT2D eigenvalue weighted by Crippen LogP contribution is -2.43. The molecule has 1 atom stereocenters. The Morgan fingerprint density at radius 2 is 2.12 bits per heavy atom. The molecule has 2 heterocycles. The fraction of sp³-hybridized carbons (Fsp3) is 0.600. The van der Waals surface area contributed by atoms with Crippen LogP contribution in [0.25, 0.3) is 0 Å². The molecule has 0 unspecified atom stereocenters. The lowest BCUT2D eigenvalue weighted by Gasteiger charge is -2.31. The zero-order valence-corrected chi connectivity index (χ0v) is 9.11. The summed E-state index contributed by atoms with van der Waals surface area (Å²) >= 11 is 0. The molecular weight excluding hydrogens is 233 g/mol. The number of alkyl halides is 3. The van der Waals surface area contributed by atoms with Gasteiger partial charge in [-0.15, -0.1) is 0 Å². The molecule has 17 heavy (non-hydrogen) atoms. The predicted octanol–water partition coefficient (Wildman–Crippen LogP) is 1.42. The van der Waals surface area contributed by atoms with E-state index < -0.39 is 11.9 Å².